The fraction of sp³-hybridized carbons (Fsp3) is 0.500. The zero-order chi connectivity index (χ0) is 26.7. The second-order valence-corrected chi connectivity index (χ2v) is 12.8. The quantitative estimate of drug-likeness (QED) is 0.518. The summed E-state index contributed by atoms with van der Waals surface area (Å²) in [6.07, 6.45) is 6.83. The summed E-state index contributed by atoms with van der Waals surface area (Å²) < 4.78 is 53.7. The van der Waals surface area contributed by atoms with E-state index in [9.17, 15) is 22.0 Å². The van der Waals surface area contributed by atoms with Crippen LogP contribution in [0, 0.1) is 5.41 Å². The number of aromatic nitrogens is 3. The Balaban J connectivity index is 1.31. The van der Waals surface area contributed by atoms with E-state index in [1.165, 1.54) is 25.0 Å². The van der Waals surface area contributed by atoms with Crippen molar-refractivity contribution in [1.29, 1.82) is 0 Å². The van der Waals surface area contributed by atoms with Crippen LogP contribution in [0.25, 0.3) is 5.52 Å². The first kappa shape index (κ1) is 25.0. The van der Waals surface area contributed by atoms with Gasteiger partial charge in [0.2, 0.25) is 5.95 Å². The maximum Gasteiger partial charge on any atom is 0.260 e. The maximum atomic E-state index is 13.8. The van der Waals surface area contributed by atoms with E-state index < -0.39 is 21.7 Å². The highest BCUT2D eigenvalue weighted by molar-refractivity contribution is 7.90. The van der Waals surface area contributed by atoms with Crippen LogP contribution >= 0.6 is 0 Å². The molecule has 1 amide bonds. The standard InChI is InChI=1S/C26H30F2N6O3S/c1-38(36,37)18-4-5-19(21(17-18)32-13-8-25(6-7-25)9-14-32)23(35)30-24-29-22(20-3-2-12-34(20)31-24)33-15-10-26(27,28)11-16-33/h2-5,12,17H,6-11,13-16H2,1H3,(H,30,31,35). The number of nitrogens with zero attached hydrogens (tertiary/aromatic N) is 5. The summed E-state index contributed by atoms with van der Waals surface area (Å²) in [5.41, 5.74) is 1.98. The Morgan fingerprint density at radius 1 is 0.974 bits per heavy atom. The van der Waals surface area contributed by atoms with Crippen molar-refractivity contribution in [2.45, 2.75) is 49.3 Å². The van der Waals surface area contributed by atoms with Crippen LogP contribution in [0.4, 0.5) is 26.2 Å². The molecule has 0 radical (unpaired) electrons. The van der Waals surface area contributed by atoms with Gasteiger partial charge in [-0.1, -0.05) is 0 Å². The van der Waals surface area contributed by atoms with Crippen LogP contribution in [0.5, 0.6) is 0 Å². The molecule has 2 aliphatic heterocycles. The molecule has 6 rings (SSSR count). The van der Waals surface area contributed by atoms with Gasteiger partial charge in [-0.25, -0.2) is 21.7 Å². The number of halogens is 2. The van der Waals surface area contributed by atoms with E-state index in [-0.39, 0.29) is 36.8 Å². The highest BCUT2D eigenvalue weighted by Crippen LogP contribution is 2.54. The molecule has 1 aliphatic carbocycles. The van der Waals surface area contributed by atoms with Crippen molar-refractivity contribution in [2.75, 3.05) is 47.6 Å². The van der Waals surface area contributed by atoms with Crippen molar-refractivity contribution in [2.24, 2.45) is 5.41 Å². The summed E-state index contributed by atoms with van der Waals surface area (Å²) in [5, 5.41) is 7.17. The van der Waals surface area contributed by atoms with Gasteiger partial charge in [-0.05, 0) is 61.4 Å². The molecule has 9 nitrogen and oxygen atoms in total. The minimum absolute atomic E-state index is 0.0414. The van der Waals surface area contributed by atoms with Gasteiger partial charge in [0.05, 0.1) is 16.1 Å². The fourth-order valence-electron chi connectivity index (χ4n) is 5.51. The van der Waals surface area contributed by atoms with E-state index >= 15 is 0 Å². The number of anilines is 3. The van der Waals surface area contributed by atoms with Crippen molar-refractivity contribution < 1.29 is 22.0 Å². The number of benzene rings is 1. The molecule has 2 saturated heterocycles. The average molecular weight is 545 g/mol. The Hall–Kier alpha value is -3.28. The van der Waals surface area contributed by atoms with E-state index in [0.717, 1.165) is 32.2 Å². The van der Waals surface area contributed by atoms with E-state index in [1.807, 2.05) is 0 Å². The molecule has 3 fully saturated rings. The highest BCUT2D eigenvalue weighted by atomic mass is 32.2. The second kappa shape index (κ2) is 8.89. The van der Waals surface area contributed by atoms with E-state index in [1.54, 1.807) is 33.8 Å². The summed E-state index contributed by atoms with van der Waals surface area (Å²) in [6, 6.07) is 8.13. The Labute approximate surface area is 219 Å². The van der Waals surface area contributed by atoms with Crippen LogP contribution < -0.4 is 15.1 Å². The van der Waals surface area contributed by atoms with Crippen molar-refractivity contribution in [3.8, 4) is 0 Å². The van der Waals surface area contributed by atoms with Gasteiger partial charge in [0.25, 0.3) is 11.8 Å². The minimum atomic E-state index is -3.47. The number of carbonyl (C=O) groups excluding carboxylic acids is 1. The first-order valence-electron chi connectivity index (χ1n) is 12.9. The summed E-state index contributed by atoms with van der Waals surface area (Å²) in [4.78, 5) is 22.1. The SMILES string of the molecule is CS(=O)(=O)c1ccc(C(=O)Nc2nc(N3CCC(F)(F)CC3)c3cccn3n2)c(N2CCC3(CC2)CC3)c1. The number of sulfone groups is 1. The minimum Gasteiger partial charge on any atom is -0.371 e. The molecule has 3 aromatic rings. The normalized spacial score (nSPS) is 20.6. The molecule has 1 saturated carbocycles. The number of piperidine rings is 2. The highest BCUT2D eigenvalue weighted by Gasteiger charge is 2.44. The van der Waals surface area contributed by atoms with Gasteiger partial charge in [-0.3, -0.25) is 10.1 Å². The lowest BCUT2D eigenvalue weighted by Crippen LogP contribution is -2.40. The number of hydrogen-bond acceptors (Lipinski definition) is 7. The second-order valence-electron chi connectivity index (χ2n) is 10.8. The Kier molecular flexibility index (Phi) is 5.85. The summed E-state index contributed by atoms with van der Waals surface area (Å²) in [6.45, 7) is 1.80. The van der Waals surface area contributed by atoms with Crippen molar-refractivity contribution in [3.05, 3.63) is 42.1 Å². The third kappa shape index (κ3) is 4.81. The van der Waals surface area contributed by atoms with Crippen LogP contribution in [0.1, 0.15) is 48.9 Å². The zero-order valence-corrected chi connectivity index (χ0v) is 22.0. The Bertz CT molecular complexity index is 1500. The molecule has 1 aromatic carbocycles. The lowest BCUT2D eigenvalue weighted by atomic mass is 9.93. The lowest BCUT2D eigenvalue weighted by Gasteiger charge is -2.35. The van der Waals surface area contributed by atoms with E-state index in [2.05, 4.69) is 20.3 Å². The molecular weight excluding hydrogens is 514 g/mol. The molecule has 0 bridgehead atoms. The molecule has 12 heteroatoms. The molecule has 0 atom stereocenters. The van der Waals surface area contributed by atoms with Crippen molar-refractivity contribution in [1.82, 2.24) is 14.6 Å². The molecule has 1 N–H and O–H groups in total. The van der Waals surface area contributed by atoms with Gasteiger partial charge in [-0.15, -0.1) is 5.10 Å². The third-order valence-corrected chi connectivity index (χ3v) is 9.27. The lowest BCUT2D eigenvalue weighted by molar-refractivity contribution is -0.0221. The maximum absolute atomic E-state index is 13.8. The molecule has 1 spiro atoms. The van der Waals surface area contributed by atoms with Crippen LogP contribution in [0.3, 0.4) is 0 Å². The molecule has 3 aliphatic rings. The number of amides is 1. The largest absolute Gasteiger partial charge is 0.371 e. The zero-order valence-electron chi connectivity index (χ0n) is 21.2. The smallest absolute Gasteiger partial charge is 0.260 e. The molecule has 202 valence electrons. The molecule has 0 unspecified atom stereocenters. The topological polar surface area (TPSA) is 99.9 Å². The molecule has 4 heterocycles. The summed E-state index contributed by atoms with van der Waals surface area (Å²) in [7, 11) is -3.47. The van der Waals surface area contributed by atoms with Crippen molar-refractivity contribution >= 4 is 38.7 Å². The van der Waals surface area contributed by atoms with Gasteiger partial charge in [0.15, 0.2) is 15.7 Å². The first-order valence-corrected chi connectivity index (χ1v) is 14.8. The summed E-state index contributed by atoms with van der Waals surface area (Å²) in [5.74, 6) is -2.63. The van der Waals surface area contributed by atoms with Crippen LogP contribution in [0.2, 0.25) is 0 Å². The number of alkyl halides is 2. The monoisotopic (exact) mass is 544 g/mol. The van der Waals surface area contributed by atoms with Gasteiger partial charge in [0, 0.05) is 51.5 Å². The van der Waals surface area contributed by atoms with E-state index in [4.69, 9.17) is 0 Å². The number of rotatable bonds is 5. The Morgan fingerprint density at radius 2 is 1.66 bits per heavy atom. The average Bonchev–Trinajstić information content (AvgIpc) is 3.45. The summed E-state index contributed by atoms with van der Waals surface area (Å²) >= 11 is 0. The number of hydrogen-bond donors (Lipinski definition) is 1. The van der Waals surface area contributed by atoms with Gasteiger partial charge >= 0.3 is 0 Å². The number of nitrogens with one attached hydrogen (secondary N) is 1. The van der Waals surface area contributed by atoms with Gasteiger partial charge in [-0.2, -0.15) is 4.98 Å². The van der Waals surface area contributed by atoms with Gasteiger partial charge in [0.1, 0.15) is 5.52 Å². The Morgan fingerprint density at radius 3 is 2.32 bits per heavy atom. The van der Waals surface area contributed by atoms with Crippen LogP contribution in [0.15, 0.2) is 41.4 Å². The molecule has 2 aromatic heterocycles. The molecule has 38 heavy (non-hydrogen) atoms. The first-order chi connectivity index (χ1) is 18.0. The van der Waals surface area contributed by atoms with Crippen LogP contribution in [-0.2, 0) is 9.84 Å². The number of fused-ring (bicyclic) bond motifs is 1. The fourth-order valence-corrected chi connectivity index (χ4v) is 6.15. The van der Waals surface area contributed by atoms with Gasteiger partial charge < -0.3 is 9.80 Å². The number of carbonyl (C=O) groups is 1. The molecular formula is C26H30F2N6O3S. The predicted molar refractivity (Wildman–Crippen MR) is 140 cm³/mol. The van der Waals surface area contributed by atoms with Crippen LogP contribution in [-0.4, -0.2) is 67.3 Å². The van der Waals surface area contributed by atoms with E-state index in [0.29, 0.717) is 28.0 Å². The third-order valence-electron chi connectivity index (χ3n) is 8.16. The predicted octanol–water partition coefficient (Wildman–Crippen LogP) is 4.00. The van der Waals surface area contributed by atoms with Crippen molar-refractivity contribution in [3.63, 3.8) is 0 Å².